The van der Waals surface area contributed by atoms with E-state index < -0.39 is 0 Å². The van der Waals surface area contributed by atoms with Crippen molar-refractivity contribution in [2.24, 2.45) is 5.41 Å². The van der Waals surface area contributed by atoms with Crippen LogP contribution in [-0.4, -0.2) is 15.6 Å². The highest BCUT2D eigenvalue weighted by Gasteiger charge is 2.33. The standard InChI is InChI=1S/C15H27N3/c1-12(2)16-9-13-10-18(11-17-13)14-7-5-6-8-15(14,3)4/h10-12,14,16H,5-9H2,1-4H3. The summed E-state index contributed by atoms with van der Waals surface area (Å²) in [5, 5.41) is 3.42. The van der Waals surface area contributed by atoms with Gasteiger partial charge in [-0.2, -0.15) is 0 Å². The summed E-state index contributed by atoms with van der Waals surface area (Å²) in [7, 11) is 0. The summed E-state index contributed by atoms with van der Waals surface area (Å²) in [6.45, 7) is 9.99. The molecule has 1 fully saturated rings. The van der Waals surface area contributed by atoms with E-state index in [0.717, 1.165) is 12.2 Å². The van der Waals surface area contributed by atoms with Crippen molar-refractivity contribution in [1.82, 2.24) is 14.9 Å². The van der Waals surface area contributed by atoms with Crippen molar-refractivity contribution < 1.29 is 0 Å². The highest BCUT2D eigenvalue weighted by Crippen LogP contribution is 2.43. The Hall–Kier alpha value is -0.830. The Morgan fingerprint density at radius 1 is 1.44 bits per heavy atom. The highest BCUT2D eigenvalue weighted by atomic mass is 15.1. The van der Waals surface area contributed by atoms with Crippen LogP contribution in [0.4, 0.5) is 0 Å². The monoisotopic (exact) mass is 249 g/mol. The smallest absolute Gasteiger partial charge is 0.0952 e. The van der Waals surface area contributed by atoms with Gasteiger partial charge in [-0.3, -0.25) is 0 Å². The van der Waals surface area contributed by atoms with Crippen molar-refractivity contribution in [1.29, 1.82) is 0 Å². The Balaban J connectivity index is 2.04. The number of nitrogens with zero attached hydrogens (tertiary/aromatic N) is 2. The van der Waals surface area contributed by atoms with Gasteiger partial charge in [-0.05, 0) is 18.3 Å². The molecule has 1 saturated carbocycles. The highest BCUT2D eigenvalue weighted by molar-refractivity contribution is 5.00. The number of aromatic nitrogens is 2. The lowest BCUT2D eigenvalue weighted by Crippen LogP contribution is -2.29. The van der Waals surface area contributed by atoms with E-state index in [1.54, 1.807) is 0 Å². The van der Waals surface area contributed by atoms with E-state index in [-0.39, 0.29) is 0 Å². The zero-order valence-corrected chi connectivity index (χ0v) is 12.2. The zero-order valence-electron chi connectivity index (χ0n) is 12.2. The maximum atomic E-state index is 4.53. The fourth-order valence-electron chi connectivity index (χ4n) is 2.98. The molecule has 1 aliphatic rings. The third-order valence-corrected chi connectivity index (χ3v) is 4.16. The zero-order chi connectivity index (χ0) is 13.2. The van der Waals surface area contributed by atoms with E-state index in [4.69, 9.17) is 0 Å². The predicted molar refractivity (Wildman–Crippen MR) is 75.5 cm³/mol. The topological polar surface area (TPSA) is 29.9 Å². The second-order valence-electron chi connectivity index (χ2n) is 6.60. The van der Waals surface area contributed by atoms with Gasteiger partial charge in [0, 0.05) is 24.8 Å². The molecular weight excluding hydrogens is 222 g/mol. The summed E-state index contributed by atoms with van der Waals surface area (Å²) in [6.07, 6.45) is 9.60. The Labute approximate surface area is 111 Å². The molecule has 2 rings (SSSR count). The van der Waals surface area contributed by atoms with E-state index in [9.17, 15) is 0 Å². The predicted octanol–water partition coefficient (Wildman–Crippen LogP) is 3.52. The summed E-state index contributed by atoms with van der Waals surface area (Å²) < 4.78 is 2.34. The molecule has 0 amide bonds. The molecule has 0 saturated heterocycles. The molecule has 0 radical (unpaired) electrons. The first-order valence-electron chi connectivity index (χ1n) is 7.25. The summed E-state index contributed by atoms with van der Waals surface area (Å²) >= 11 is 0. The van der Waals surface area contributed by atoms with E-state index in [1.165, 1.54) is 25.7 Å². The largest absolute Gasteiger partial charge is 0.334 e. The van der Waals surface area contributed by atoms with Crippen LogP contribution in [0.1, 0.15) is 65.1 Å². The number of nitrogens with one attached hydrogen (secondary N) is 1. The molecule has 1 unspecified atom stereocenters. The molecule has 3 nitrogen and oxygen atoms in total. The van der Waals surface area contributed by atoms with Crippen molar-refractivity contribution in [3.63, 3.8) is 0 Å². The van der Waals surface area contributed by atoms with Crippen LogP contribution in [0.5, 0.6) is 0 Å². The minimum absolute atomic E-state index is 0.404. The van der Waals surface area contributed by atoms with Gasteiger partial charge < -0.3 is 9.88 Å². The molecule has 1 aromatic rings. The molecule has 102 valence electrons. The number of hydrogen-bond acceptors (Lipinski definition) is 2. The first-order valence-corrected chi connectivity index (χ1v) is 7.25. The molecule has 0 aromatic carbocycles. The van der Waals surface area contributed by atoms with E-state index >= 15 is 0 Å². The van der Waals surface area contributed by atoms with Crippen LogP contribution in [0.2, 0.25) is 0 Å². The van der Waals surface area contributed by atoms with E-state index in [2.05, 4.69) is 48.8 Å². The lowest BCUT2D eigenvalue weighted by molar-refractivity contribution is 0.144. The van der Waals surface area contributed by atoms with Crippen LogP contribution >= 0.6 is 0 Å². The lowest BCUT2D eigenvalue weighted by atomic mass is 9.73. The van der Waals surface area contributed by atoms with Crippen molar-refractivity contribution in [2.45, 2.75) is 72.0 Å². The fraction of sp³-hybridized carbons (Fsp3) is 0.800. The van der Waals surface area contributed by atoms with Gasteiger partial charge in [0.15, 0.2) is 0 Å². The minimum Gasteiger partial charge on any atom is -0.334 e. The van der Waals surface area contributed by atoms with Gasteiger partial charge in [0.05, 0.1) is 12.0 Å². The van der Waals surface area contributed by atoms with Crippen LogP contribution in [0.3, 0.4) is 0 Å². The van der Waals surface area contributed by atoms with Gasteiger partial charge >= 0.3 is 0 Å². The SMILES string of the molecule is CC(C)NCc1cn(C2CCCCC2(C)C)cn1. The first kappa shape index (κ1) is 13.6. The Kier molecular flexibility index (Phi) is 4.10. The normalized spacial score (nSPS) is 23.5. The van der Waals surface area contributed by atoms with Crippen LogP contribution < -0.4 is 5.32 Å². The molecule has 1 aliphatic carbocycles. The third-order valence-electron chi connectivity index (χ3n) is 4.16. The Bertz CT molecular complexity index is 379. The van der Waals surface area contributed by atoms with Crippen LogP contribution in [0, 0.1) is 5.41 Å². The number of imidazole rings is 1. The molecule has 1 aromatic heterocycles. The summed E-state index contributed by atoms with van der Waals surface area (Å²) in [5.41, 5.74) is 1.56. The van der Waals surface area contributed by atoms with Crippen molar-refractivity contribution in [3.05, 3.63) is 18.2 Å². The van der Waals surface area contributed by atoms with Crippen molar-refractivity contribution >= 4 is 0 Å². The molecule has 1 atom stereocenters. The van der Waals surface area contributed by atoms with E-state index in [0.29, 0.717) is 17.5 Å². The molecule has 1 heterocycles. The number of rotatable bonds is 4. The fourth-order valence-corrected chi connectivity index (χ4v) is 2.98. The van der Waals surface area contributed by atoms with Crippen LogP contribution in [0.15, 0.2) is 12.5 Å². The maximum Gasteiger partial charge on any atom is 0.0952 e. The van der Waals surface area contributed by atoms with Gasteiger partial charge in [-0.25, -0.2) is 4.98 Å². The summed E-state index contributed by atoms with van der Waals surface area (Å²) in [5.74, 6) is 0. The summed E-state index contributed by atoms with van der Waals surface area (Å²) in [6, 6.07) is 1.13. The van der Waals surface area contributed by atoms with Gasteiger partial charge in [-0.15, -0.1) is 0 Å². The van der Waals surface area contributed by atoms with Gasteiger partial charge in [0.25, 0.3) is 0 Å². The van der Waals surface area contributed by atoms with Crippen molar-refractivity contribution in [2.75, 3.05) is 0 Å². The van der Waals surface area contributed by atoms with Crippen molar-refractivity contribution in [3.8, 4) is 0 Å². The molecule has 18 heavy (non-hydrogen) atoms. The first-order chi connectivity index (χ1) is 8.49. The summed E-state index contributed by atoms with van der Waals surface area (Å²) in [4.78, 5) is 4.53. The molecule has 0 spiro atoms. The quantitative estimate of drug-likeness (QED) is 0.884. The molecule has 0 aliphatic heterocycles. The maximum absolute atomic E-state index is 4.53. The third kappa shape index (κ3) is 3.14. The average Bonchev–Trinajstić information content (AvgIpc) is 2.74. The Morgan fingerprint density at radius 2 is 2.22 bits per heavy atom. The van der Waals surface area contributed by atoms with E-state index in [1.807, 2.05) is 6.33 Å². The Morgan fingerprint density at radius 3 is 2.89 bits per heavy atom. The lowest BCUT2D eigenvalue weighted by Gasteiger charge is -2.39. The van der Waals surface area contributed by atoms with Crippen LogP contribution in [0.25, 0.3) is 0 Å². The van der Waals surface area contributed by atoms with Gasteiger partial charge in [0.1, 0.15) is 0 Å². The molecule has 3 heteroatoms. The minimum atomic E-state index is 0.404. The molecular formula is C15H27N3. The van der Waals surface area contributed by atoms with Gasteiger partial charge in [0.2, 0.25) is 0 Å². The molecule has 1 N–H and O–H groups in total. The average molecular weight is 249 g/mol. The van der Waals surface area contributed by atoms with Crippen LogP contribution in [-0.2, 0) is 6.54 Å². The number of hydrogen-bond donors (Lipinski definition) is 1. The second-order valence-corrected chi connectivity index (χ2v) is 6.60. The molecule has 0 bridgehead atoms. The van der Waals surface area contributed by atoms with Gasteiger partial charge in [-0.1, -0.05) is 40.5 Å². The second kappa shape index (κ2) is 5.43.